The van der Waals surface area contributed by atoms with Gasteiger partial charge in [-0.2, -0.15) is 0 Å². The van der Waals surface area contributed by atoms with E-state index in [0.29, 0.717) is 23.3 Å². The standard InChI is InChI=1S/C15H24N4O/c1-4-5-13-8-12(9-14(17-13)18-16)15(20)19(3)10(2)11-6-7-11/h8-11H,4-7,16H2,1-3H3,(H,17,18). The summed E-state index contributed by atoms with van der Waals surface area (Å²) in [7, 11) is 1.88. The second kappa shape index (κ2) is 6.22. The molecule has 1 saturated carbocycles. The number of hydrogen-bond donors (Lipinski definition) is 2. The lowest BCUT2D eigenvalue weighted by Crippen LogP contribution is -2.36. The number of nitrogens with zero attached hydrogens (tertiary/aromatic N) is 2. The van der Waals surface area contributed by atoms with E-state index < -0.39 is 0 Å². The van der Waals surface area contributed by atoms with E-state index in [2.05, 4.69) is 24.3 Å². The Morgan fingerprint density at radius 1 is 1.55 bits per heavy atom. The van der Waals surface area contributed by atoms with Crippen molar-refractivity contribution in [1.29, 1.82) is 0 Å². The van der Waals surface area contributed by atoms with Gasteiger partial charge in [0.2, 0.25) is 0 Å². The molecule has 1 fully saturated rings. The van der Waals surface area contributed by atoms with Crippen LogP contribution in [-0.4, -0.2) is 28.9 Å². The summed E-state index contributed by atoms with van der Waals surface area (Å²) in [5, 5.41) is 0. The second-order valence-electron chi connectivity index (χ2n) is 5.62. The minimum atomic E-state index is 0.0423. The quantitative estimate of drug-likeness (QED) is 0.617. The molecular weight excluding hydrogens is 252 g/mol. The normalized spacial score (nSPS) is 15.8. The van der Waals surface area contributed by atoms with Crippen LogP contribution in [0.3, 0.4) is 0 Å². The Bertz CT molecular complexity index is 485. The van der Waals surface area contributed by atoms with Crippen molar-refractivity contribution in [2.75, 3.05) is 12.5 Å². The third-order valence-electron chi connectivity index (χ3n) is 4.01. The zero-order valence-corrected chi connectivity index (χ0v) is 12.5. The molecule has 3 N–H and O–H groups in total. The highest BCUT2D eigenvalue weighted by molar-refractivity contribution is 5.95. The Hall–Kier alpha value is -1.62. The molecule has 5 nitrogen and oxygen atoms in total. The molecule has 20 heavy (non-hydrogen) atoms. The molecule has 0 saturated heterocycles. The molecular formula is C15H24N4O. The monoisotopic (exact) mass is 276 g/mol. The molecule has 1 unspecified atom stereocenters. The number of nitrogens with two attached hydrogens (primary N) is 1. The minimum Gasteiger partial charge on any atom is -0.339 e. The summed E-state index contributed by atoms with van der Waals surface area (Å²) in [5.74, 6) is 6.69. The lowest BCUT2D eigenvalue weighted by atomic mass is 10.1. The van der Waals surface area contributed by atoms with Gasteiger partial charge < -0.3 is 10.3 Å². The van der Waals surface area contributed by atoms with Crippen LogP contribution in [0, 0.1) is 5.92 Å². The van der Waals surface area contributed by atoms with E-state index in [0.717, 1.165) is 18.5 Å². The number of carbonyl (C=O) groups is 1. The highest BCUT2D eigenvalue weighted by Gasteiger charge is 2.32. The molecule has 0 aromatic carbocycles. The van der Waals surface area contributed by atoms with Gasteiger partial charge in [0.25, 0.3) is 5.91 Å². The highest BCUT2D eigenvalue weighted by Crippen LogP contribution is 2.35. The first-order valence-corrected chi connectivity index (χ1v) is 7.31. The topological polar surface area (TPSA) is 71.2 Å². The molecule has 0 aliphatic heterocycles. The summed E-state index contributed by atoms with van der Waals surface area (Å²) in [5.41, 5.74) is 4.10. The molecule has 1 amide bonds. The number of pyridine rings is 1. The summed E-state index contributed by atoms with van der Waals surface area (Å²) >= 11 is 0. The lowest BCUT2D eigenvalue weighted by Gasteiger charge is -2.25. The summed E-state index contributed by atoms with van der Waals surface area (Å²) in [6.07, 6.45) is 4.29. The second-order valence-corrected chi connectivity index (χ2v) is 5.62. The Labute approximate surface area is 120 Å². The van der Waals surface area contributed by atoms with Crippen LogP contribution in [0.4, 0.5) is 5.82 Å². The highest BCUT2D eigenvalue weighted by atomic mass is 16.2. The average molecular weight is 276 g/mol. The zero-order valence-electron chi connectivity index (χ0n) is 12.5. The molecule has 1 atom stereocenters. The van der Waals surface area contributed by atoms with Crippen LogP contribution in [0.1, 0.15) is 49.2 Å². The number of aromatic nitrogens is 1. The van der Waals surface area contributed by atoms with Crippen molar-refractivity contribution in [2.45, 2.75) is 45.6 Å². The molecule has 1 aliphatic carbocycles. The SMILES string of the molecule is CCCc1cc(C(=O)N(C)C(C)C2CC2)cc(NN)n1. The molecule has 1 aromatic heterocycles. The molecule has 0 spiro atoms. The third kappa shape index (κ3) is 3.28. The fourth-order valence-corrected chi connectivity index (χ4v) is 2.45. The van der Waals surface area contributed by atoms with Crippen LogP contribution in [0.2, 0.25) is 0 Å². The maximum absolute atomic E-state index is 12.6. The number of rotatable bonds is 6. The summed E-state index contributed by atoms with van der Waals surface area (Å²) < 4.78 is 0. The van der Waals surface area contributed by atoms with Gasteiger partial charge in [-0.05, 0) is 44.2 Å². The number of aryl methyl sites for hydroxylation is 1. The fraction of sp³-hybridized carbons (Fsp3) is 0.600. The van der Waals surface area contributed by atoms with Crippen molar-refractivity contribution in [1.82, 2.24) is 9.88 Å². The molecule has 110 valence electrons. The number of nitrogens with one attached hydrogen (secondary N) is 1. The van der Waals surface area contributed by atoms with E-state index in [4.69, 9.17) is 5.84 Å². The Kier molecular flexibility index (Phi) is 4.60. The van der Waals surface area contributed by atoms with Crippen molar-refractivity contribution in [2.24, 2.45) is 11.8 Å². The molecule has 0 bridgehead atoms. The van der Waals surface area contributed by atoms with E-state index in [1.54, 1.807) is 6.07 Å². The molecule has 1 aliphatic rings. The third-order valence-corrected chi connectivity index (χ3v) is 4.01. The first-order chi connectivity index (χ1) is 9.56. The van der Waals surface area contributed by atoms with Crippen LogP contribution in [0.25, 0.3) is 0 Å². The van der Waals surface area contributed by atoms with E-state index in [9.17, 15) is 4.79 Å². The van der Waals surface area contributed by atoms with Crippen LogP contribution in [0.15, 0.2) is 12.1 Å². The molecule has 0 radical (unpaired) electrons. The smallest absolute Gasteiger partial charge is 0.254 e. The van der Waals surface area contributed by atoms with Gasteiger partial charge in [-0.1, -0.05) is 13.3 Å². The summed E-state index contributed by atoms with van der Waals surface area (Å²) in [6, 6.07) is 3.89. The van der Waals surface area contributed by atoms with Crippen molar-refractivity contribution < 1.29 is 4.79 Å². The summed E-state index contributed by atoms with van der Waals surface area (Å²) in [6.45, 7) is 4.21. The average Bonchev–Trinajstić information content (AvgIpc) is 3.29. The van der Waals surface area contributed by atoms with Gasteiger partial charge in [0, 0.05) is 24.3 Å². The Balaban J connectivity index is 2.20. The van der Waals surface area contributed by atoms with E-state index in [1.807, 2.05) is 18.0 Å². The number of nitrogen functional groups attached to an aromatic ring is 1. The maximum atomic E-state index is 12.6. The first-order valence-electron chi connectivity index (χ1n) is 7.31. The van der Waals surface area contributed by atoms with Crippen LogP contribution in [0.5, 0.6) is 0 Å². The Morgan fingerprint density at radius 2 is 2.25 bits per heavy atom. The Morgan fingerprint density at radius 3 is 2.80 bits per heavy atom. The van der Waals surface area contributed by atoms with Crippen molar-refractivity contribution in [3.8, 4) is 0 Å². The number of hydrogen-bond acceptors (Lipinski definition) is 4. The number of amides is 1. The van der Waals surface area contributed by atoms with Gasteiger partial charge in [0.15, 0.2) is 0 Å². The van der Waals surface area contributed by atoms with Gasteiger partial charge in [-0.3, -0.25) is 4.79 Å². The van der Waals surface area contributed by atoms with Crippen LogP contribution in [-0.2, 0) is 6.42 Å². The molecule has 5 heteroatoms. The zero-order chi connectivity index (χ0) is 14.7. The lowest BCUT2D eigenvalue weighted by molar-refractivity contribution is 0.0727. The first kappa shape index (κ1) is 14.8. The predicted octanol–water partition coefficient (Wildman–Crippen LogP) is 2.19. The van der Waals surface area contributed by atoms with Crippen LogP contribution < -0.4 is 11.3 Å². The predicted molar refractivity (Wildman–Crippen MR) is 80.3 cm³/mol. The van der Waals surface area contributed by atoms with Gasteiger partial charge in [-0.15, -0.1) is 0 Å². The fourth-order valence-electron chi connectivity index (χ4n) is 2.45. The number of hydrazine groups is 1. The van der Waals surface area contributed by atoms with Crippen molar-refractivity contribution in [3.63, 3.8) is 0 Å². The van der Waals surface area contributed by atoms with Crippen molar-refractivity contribution in [3.05, 3.63) is 23.4 Å². The van der Waals surface area contributed by atoms with Gasteiger partial charge in [-0.25, -0.2) is 10.8 Å². The maximum Gasteiger partial charge on any atom is 0.254 e. The van der Waals surface area contributed by atoms with E-state index >= 15 is 0 Å². The van der Waals surface area contributed by atoms with Crippen LogP contribution >= 0.6 is 0 Å². The minimum absolute atomic E-state index is 0.0423. The number of anilines is 1. The molecule has 2 rings (SSSR count). The molecule has 1 aromatic rings. The van der Waals surface area contributed by atoms with Gasteiger partial charge >= 0.3 is 0 Å². The molecule has 1 heterocycles. The van der Waals surface area contributed by atoms with Gasteiger partial charge in [0.1, 0.15) is 5.82 Å². The number of carbonyl (C=O) groups excluding carboxylic acids is 1. The van der Waals surface area contributed by atoms with Crippen molar-refractivity contribution >= 4 is 11.7 Å². The van der Waals surface area contributed by atoms with E-state index in [-0.39, 0.29) is 5.91 Å². The van der Waals surface area contributed by atoms with Gasteiger partial charge in [0.05, 0.1) is 0 Å². The summed E-state index contributed by atoms with van der Waals surface area (Å²) in [4.78, 5) is 18.8. The largest absolute Gasteiger partial charge is 0.339 e. The van der Waals surface area contributed by atoms with E-state index in [1.165, 1.54) is 12.8 Å².